The number of hydrogen-bond donors (Lipinski definition) is 3. The Morgan fingerprint density at radius 1 is 0.778 bits per heavy atom. The highest BCUT2D eigenvalue weighted by molar-refractivity contribution is 6.03. The van der Waals surface area contributed by atoms with Crippen molar-refractivity contribution in [2.75, 3.05) is 16.0 Å². The van der Waals surface area contributed by atoms with Gasteiger partial charge in [0.2, 0.25) is 0 Å². The average molecular weight is 477 g/mol. The summed E-state index contributed by atoms with van der Waals surface area (Å²) in [6.45, 7) is 1.83. The third kappa shape index (κ3) is 5.36. The molecular formula is C27H24N8O. The van der Waals surface area contributed by atoms with Crippen molar-refractivity contribution < 1.29 is 4.79 Å². The Labute approximate surface area is 208 Å². The SMILES string of the molecule is Cc1nc(Nc2ccc(NC(=O)c3cc(-c4ccccc4)nn3C)cc2)cc(Nc2ccccn2)n1. The number of aryl methyl sites for hydroxylation is 2. The van der Waals surface area contributed by atoms with Crippen molar-refractivity contribution in [1.29, 1.82) is 0 Å². The van der Waals surface area contributed by atoms with Crippen LogP contribution in [0.3, 0.4) is 0 Å². The molecule has 9 nitrogen and oxygen atoms in total. The minimum Gasteiger partial charge on any atom is -0.340 e. The lowest BCUT2D eigenvalue weighted by atomic mass is 10.1. The van der Waals surface area contributed by atoms with Crippen molar-refractivity contribution in [3.05, 3.63) is 103 Å². The molecule has 3 N–H and O–H groups in total. The van der Waals surface area contributed by atoms with Gasteiger partial charge in [0.1, 0.15) is 29.0 Å². The van der Waals surface area contributed by atoms with Gasteiger partial charge in [-0.05, 0) is 49.4 Å². The molecule has 0 atom stereocenters. The van der Waals surface area contributed by atoms with Gasteiger partial charge < -0.3 is 16.0 Å². The predicted molar refractivity (Wildman–Crippen MR) is 141 cm³/mol. The normalized spacial score (nSPS) is 10.6. The molecule has 0 aliphatic rings. The number of aromatic nitrogens is 5. The zero-order valence-electron chi connectivity index (χ0n) is 19.8. The van der Waals surface area contributed by atoms with Gasteiger partial charge in [0.15, 0.2) is 0 Å². The first-order valence-electron chi connectivity index (χ1n) is 11.4. The van der Waals surface area contributed by atoms with Crippen LogP contribution in [0.2, 0.25) is 0 Å². The lowest BCUT2D eigenvalue weighted by Gasteiger charge is -2.11. The van der Waals surface area contributed by atoms with E-state index >= 15 is 0 Å². The number of nitrogens with zero attached hydrogens (tertiary/aromatic N) is 5. The number of rotatable bonds is 7. The Bertz CT molecular complexity index is 1480. The molecule has 0 saturated heterocycles. The van der Waals surface area contributed by atoms with Crippen molar-refractivity contribution in [3.63, 3.8) is 0 Å². The van der Waals surface area contributed by atoms with Crippen LogP contribution in [0.1, 0.15) is 16.3 Å². The molecule has 0 aliphatic carbocycles. The molecule has 9 heteroatoms. The van der Waals surface area contributed by atoms with E-state index in [0.29, 0.717) is 34.7 Å². The second-order valence-electron chi connectivity index (χ2n) is 8.09. The van der Waals surface area contributed by atoms with Gasteiger partial charge in [-0.25, -0.2) is 15.0 Å². The Morgan fingerprint density at radius 3 is 2.19 bits per heavy atom. The lowest BCUT2D eigenvalue weighted by Crippen LogP contribution is -2.16. The average Bonchev–Trinajstić information content (AvgIpc) is 3.28. The van der Waals surface area contributed by atoms with Gasteiger partial charge in [-0.1, -0.05) is 36.4 Å². The van der Waals surface area contributed by atoms with Crippen molar-refractivity contribution in [3.8, 4) is 11.3 Å². The zero-order chi connectivity index (χ0) is 24.9. The molecule has 3 aromatic heterocycles. The molecule has 0 spiro atoms. The number of benzene rings is 2. The standard InChI is InChI=1S/C27H24N8O/c1-18-29-25(17-26(30-18)33-24-10-6-7-15-28-24)31-20-11-13-21(14-12-20)32-27(36)23-16-22(34-35(23)2)19-8-4-3-5-9-19/h3-17H,1-2H3,(H,32,36)(H2,28,29,30,31,33). The van der Waals surface area contributed by atoms with Gasteiger partial charge in [0, 0.05) is 36.2 Å². The van der Waals surface area contributed by atoms with Crippen molar-refractivity contribution in [1.82, 2.24) is 24.7 Å². The van der Waals surface area contributed by atoms with E-state index in [0.717, 1.165) is 16.9 Å². The number of nitrogens with one attached hydrogen (secondary N) is 3. The molecule has 5 rings (SSSR count). The number of carbonyl (C=O) groups excluding carboxylic acids is 1. The summed E-state index contributed by atoms with van der Waals surface area (Å²) in [6.07, 6.45) is 1.71. The summed E-state index contributed by atoms with van der Waals surface area (Å²) in [7, 11) is 1.76. The molecule has 36 heavy (non-hydrogen) atoms. The molecule has 0 fully saturated rings. The fourth-order valence-electron chi connectivity index (χ4n) is 3.67. The number of amides is 1. The van der Waals surface area contributed by atoms with Gasteiger partial charge in [-0.3, -0.25) is 9.48 Å². The van der Waals surface area contributed by atoms with Crippen molar-refractivity contribution in [2.45, 2.75) is 6.92 Å². The number of hydrogen-bond acceptors (Lipinski definition) is 7. The Morgan fingerprint density at radius 2 is 1.47 bits per heavy atom. The second-order valence-corrected chi connectivity index (χ2v) is 8.09. The smallest absolute Gasteiger partial charge is 0.273 e. The fourth-order valence-corrected chi connectivity index (χ4v) is 3.67. The third-order valence-electron chi connectivity index (χ3n) is 5.36. The maximum Gasteiger partial charge on any atom is 0.273 e. The molecule has 3 heterocycles. The van der Waals surface area contributed by atoms with Gasteiger partial charge in [-0.2, -0.15) is 5.10 Å². The van der Waals surface area contributed by atoms with E-state index in [2.05, 4.69) is 36.0 Å². The van der Waals surface area contributed by atoms with E-state index in [9.17, 15) is 4.79 Å². The molecular weight excluding hydrogens is 452 g/mol. The fraction of sp³-hybridized carbons (Fsp3) is 0.0741. The first-order chi connectivity index (χ1) is 17.5. The molecule has 1 amide bonds. The summed E-state index contributed by atoms with van der Waals surface area (Å²) >= 11 is 0. The summed E-state index contributed by atoms with van der Waals surface area (Å²) in [5, 5.41) is 13.9. The summed E-state index contributed by atoms with van der Waals surface area (Å²) < 4.78 is 1.58. The monoisotopic (exact) mass is 476 g/mol. The summed E-state index contributed by atoms with van der Waals surface area (Å²) in [6, 6.07) is 26.4. The zero-order valence-corrected chi connectivity index (χ0v) is 19.8. The topological polar surface area (TPSA) is 110 Å². The van der Waals surface area contributed by atoms with Gasteiger partial charge in [-0.15, -0.1) is 0 Å². The molecule has 0 aliphatic heterocycles. The predicted octanol–water partition coefficient (Wildman–Crippen LogP) is 5.32. The Kier molecular flexibility index (Phi) is 6.35. The van der Waals surface area contributed by atoms with Crippen molar-refractivity contribution in [2.24, 2.45) is 7.05 Å². The molecule has 0 bridgehead atoms. The second kappa shape index (κ2) is 10.1. The third-order valence-corrected chi connectivity index (χ3v) is 5.36. The quantitative estimate of drug-likeness (QED) is 0.292. The van der Waals surface area contributed by atoms with Crippen LogP contribution in [0.5, 0.6) is 0 Å². The van der Waals surface area contributed by atoms with Crippen LogP contribution in [-0.2, 0) is 7.05 Å². The van der Waals surface area contributed by atoms with Crippen LogP contribution in [0.15, 0.2) is 91.1 Å². The van der Waals surface area contributed by atoms with E-state index in [1.54, 1.807) is 24.0 Å². The first-order valence-corrected chi connectivity index (χ1v) is 11.4. The number of pyridine rings is 1. The molecule has 0 unspecified atom stereocenters. The molecule has 2 aromatic carbocycles. The van der Waals surface area contributed by atoms with Crippen molar-refractivity contribution >= 4 is 34.7 Å². The summed E-state index contributed by atoms with van der Waals surface area (Å²) in [5.74, 6) is 2.36. The van der Waals surface area contributed by atoms with E-state index in [4.69, 9.17) is 0 Å². The highest BCUT2D eigenvalue weighted by atomic mass is 16.2. The molecule has 5 aromatic rings. The molecule has 178 valence electrons. The molecule has 0 saturated carbocycles. The highest BCUT2D eigenvalue weighted by Crippen LogP contribution is 2.22. The van der Waals surface area contributed by atoms with Crippen LogP contribution >= 0.6 is 0 Å². The highest BCUT2D eigenvalue weighted by Gasteiger charge is 2.14. The van der Waals surface area contributed by atoms with E-state index < -0.39 is 0 Å². The van der Waals surface area contributed by atoms with Gasteiger partial charge in [0.05, 0.1) is 5.69 Å². The first kappa shape index (κ1) is 22.7. The minimum atomic E-state index is -0.232. The Balaban J connectivity index is 1.25. The van der Waals surface area contributed by atoms with E-state index in [1.807, 2.05) is 85.8 Å². The Hall–Kier alpha value is -5.05. The van der Waals surface area contributed by atoms with Gasteiger partial charge >= 0.3 is 0 Å². The van der Waals surface area contributed by atoms with Crippen LogP contribution in [-0.4, -0.2) is 30.6 Å². The van der Waals surface area contributed by atoms with Crippen LogP contribution in [0, 0.1) is 6.92 Å². The van der Waals surface area contributed by atoms with E-state index in [1.165, 1.54) is 0 Å². The van der Waals surface area contributed by atoms with Gasteiger partial charge in [0.25, 0.3) is 5.91 Å². The van der Waals surface area contributed by atoms with E-state index in [-0.39, 0.29) is 5.91 Å². The van der Waals surface area contributed by atoms with Crippen LogP contribution in [0.4, 0.5) is 28.8 Å². The lowest BCUT2D eigenvalue weighted by molar-refractivity contribution is 0.101. The van der Waals surface area contributed by atoms with Crippen LogP contribution in [0.25, 0.3) is 11.3 Å². The maximum atomic E-state index is 12.9. The minimum absolute atomic E-state index is 0.232. The van der Waals surface area contributed by atoms with Crippen LogP contribution < -0.4 is 16.0 Å². The largest absolute Gasteiger partial charge is 0.340 e. The maximum absolute atomic E-state index is 12.9. The molecule has 0 radical (unpaired) electrons. The summed E-state index contributed by atoms with van der Waals surface area (Å²) in [5.41, 5.74) is 3.67. The number of carbonyl (C=O) groups is 1. The number of anilines is 5. The summed E-state index contributed by atoms with van der Waals surface area (Å²) in [4.78, 5) is 26.0.